The highest BCUT2D eigenvalue weighted by Gasteiger charge is 2.21. The molecule has 7 heteroatoms. The average molecular weight is 311 g/mol. The highest BCUT2D eigenvalue weighted by Crippen LogP contribution is 2.32. The van der Waals surface area contributed by atoms with Gasteiger partial charge in [0.15, 0.2) is 6.10 Å². The van der Waals surface area contributed by atoms with E-state index in [-0.39, 0.29) is 12.4 Å². The lowest BCUT2D eigenvalue weighted by Crippen LogP contribution is -2.37. The molecule has 0 bridgehead atoms. The molecule has 1 amide bonds. The summed E-state index contributed by atoms with van der Waals surface area (Å²) in [6.45, 7) is 1.52. The number of hydrogen-bond donors (Lipinski definition) is 2. The number of amides is 1. The van der Waals surface area contributed by atoms with Crippen molar-refractivity contribution >= 4 is 33.3 Å². The Bertz CT molecular complexity index is 698. The van der Waals surface area contributed by atoms with E-state index in [1.165, 1.54) is 24.5 Å². The summed E-state index contributed by atoms with van der Waals surface area (Å²) in [5.74, 6) is -1.96. The van der Waals surface area contributed by atoms with E-state index >= 15 is 0 Å². The van der Waals surface area contributed by atoms with Gasteiger partial charge in [-0.05, 0) is 24.6 Å². The van der Waals surface area contributed by atoms with Crippen LogP contribution in [-0.2, 0) is 9.53 Å². The minimum Gasteiger partial charge on any atom is -0.479 e. The van der Waals surface area contributed by atoms with E-state index in [0.29, 0.717) is 20.5 Å². The van der Waals surface area contributed by atoms with E-state index < -0.39 is 18.0 Å². The van der Waals surface area contributed by atoms with Crippen LogP contribution in [0.15, 0.2) is 18.2 Å². The number of carbonyl (C=O) groups is 2. The Labute approximate surface area is 124 Å². The third kappa shape index (κ3) is 3.03. The second-order valence-electron chi connectivity index (χ2n) is 4.44. The normalized spacial score (nSPS) is 12.3. The van der Waals surface area contributed by atoms with Crippen molar-refractivity contribution in [1.29, 1.82) is 0 Å². The van der Waals surface area contributed by atoms with Crippen LogP contribution in [0, 0.1) is 12.7 Å². The highest BCUT2D eigenvalue weighted by molar-refractivity contribution is 7.21. The Hall–Kier alpha value is -1.99. The van der Waals surface area contributed by atoms with E-state index in [2.05, 4.69) is 5.32 Å². The number of methoxy groups -OCH3 is 1. The number of aliphatic carboxylic acids is 1. The molecule has 0 radical (unpaired) electrons. The molecule has 2 rings (SSSR count). The van der Waals surface area contributed by atoms with E-state index in [9.17, 15) is 14.0 Å². The smallest absolute Gasteiger partial charge is 0.334 e. The molecule has 2 N–H and O–H groups in total. The van der Waals surface area contributed by atoms with E-state index in [1.54, 1.807) is 19.1 Å². The van der Waals surface area contributed by atoms with Crippen molar-refractivity contribution in [1.82, 2.24) is 5.32 Å². The van der Waals surface area contributed by atoms with Crippen molar-refractivity contribution in [3.05, 3.63) is 34.5 Å². The van der Waals surface area contributed by atoms with Crippen LogP contribution < -0.4 is 5.32 Å². The van der Waals surface area contributed by atoms with E-state index in [1.807, 2.05) is 0 Å². The molecular formula is C14H14FNO4S. The van der Waals surface area contributed by atoms with Crippen LogP contribution in [0.4, 0.5) is 4.39 Å². The molecule has 0 aliphatic heterocycles. The SMILES string of the molecule is COC(CNC(=O)c1sc2cccc(F)c2c1C)C(=O)O. The van der Waals surface area contributed by atoms with E-state index in [0.717, 1.165) is 0 Å². The number of thiophene rings is 1. The number of nitrogens with one attached hydrogen (secondary N) is 1. The molecule has 1 heterocycles. The molecule has 21 heavy (non-hydrogen) atoms. The first-order valence-corrected chi connectivity index (χ1v) is 6.98. The van der Waals surface area contributed by atoms with Crippen molar-refractivity contribution in [2.24, 2.45) is 0 Å². The molecule has 0 saturated heterocycles. The van der Waals surface area contributed by atoms with Crippen LogP contribution in [0.1, 0.15) is 15.2 Å². The van der Waals surface area contributed by atoms with Crippen LogP contribution in [0.2, 0.25) is 0 Å². The molecule has 112 valence electrons. The summed E-state index contributed by atoms with van der Waals surface area (Å²) in [5.41, 5.74) is 0.551. The lowest BCUT2D eigenvalue weighted by atomic mass is 10.1. The van der Waals surface area contributed by atoms with Crippen LogP contribution in [0.5, 0.6) is 0 Å². The zero-order chi connectivity index (χ0) is 15.6. The lowest BCUT2D eigenvalue weighted by molar-refractivity contribution is -0.147. The number of carboxylic acid groups (broad SMARTS) is 1. The monoisotopic (exact) mass is 311 g/mol. The molecule has 5 nitrogen and oxygen atoms in total. The van der Waals surface area contributed by atoms with Crippen molar-refractivity contribution in [3.63, 3.8) is 0 Å². The van der Waals surface area contributed by atoms with Gasteiger partial charge in [0.1, 0.15) is 5.82 Å². The Balaban J connectivity index is 2.22. The standard InChI is InChI=1S/C14H14FNO4S/c1-7-11-8(15)4-3-5-10(11)21-12(7)13(17)16-6-9(20-2)14(18)19/h3-5,9H,6H2,1-2H3,(H,16,17)(H,18,19). The Morgan fingerprint density at radius 2 is 2.19 bits per heavy atom. The van der Waals surface area contributed by atoms with Crippen molar-refractivity contribution in [3.8, 4) is 0 Å². The molecule has 0 spiro atoms. The Morgan fingerprint density at radius 1 is 1.48 bits per heavy atom. The largest absolute Gasteiger partial charge is 0.479 e. The number of carboxylic acids is 1. The summed E-state index contributed by atoms with van der Waals surface area (Å²) in [7, 11) is 1.25. The number of benzene rings is 1. The van der Waals surface area contributed by atoms with Gasteiger partial charge in [-0.2, -0.15) is 0 Å². The van der Waals surface area contributed by atoms with Crippen molar-refractivity contribution in [2.45, 2.75) is 13.0 Å². The number of ether oxygens (including phenoxy) is 1. The first-order chi connectivity index (χ1) is 9.95. The molecule has 2 aromatic rings. The minimum absolute atomic E-state index is 0.152. The van der Waals surface area contributed by atoms with Gasteiger partial charge in [0.2, 0.25) is 0 Å². The number of hydrogen-bond acceptors (Lipinski definition) is 4. The van der Waals surface area contributed by atoms with Gasteiger partial charge in [0.05, 0.1) is 11.4 Å². The number of carbonyl (C=O) groups excluding carboxylic acids is 1. The molecule has 1 unspecified atom stereocenters. The number of halogens is 1. The number of fused-ring (bicyclic) bond motifs is 1. The topological polar surface area (TPSA) is 75.6 Å². The van der Waals surface area contributed by atoms with Crippen molar-refractivity contribution in [2.75, 3.05) is 13.7 Å². The summed E-state index contributed by atoms with van der Waals surface area (Å²) in [6.07, 6.45) is -1.11. The second-order valence-corrected chi connectivity index (χ2v) is 5.49. The maximum absolute atomic E-state index is 13.8. The van der Waals surface area contributed by atoms with Gasteiger partial charge in [-0.1, -0.05) is 6.07 Å². The van der Waals surface area contributed by atoms with Gasteiger partial charge in [0.25, 0.3) is 5.91 Å². The van der Waals surface area contributed by atoms with Crippen molar-refractivity contribution < 1.29 is 23.8 Å². The maximum atomic E-state index is 13.8. The van der Waals surface area contributed by atoms with Gasteiger partial charge in [0, 0.05) is 17.2 Å². The third-order valence-electron chi connectivity index (χ3n) is 3.12. The predicted octanol–water partition coefficient (Wildman–Crippen LogP) is 2.18. The highest BCUT2D eigenvalue weighted by atomic mass is 32.1. The summed E-state index contributed by atoms with van der Waals surface area (Å²) in [5, 5.41) is 11.8. The van der Waals surface area contributed by atoms with Gasteiger partial charge in [-0.25, -0.2) is 9.18 Å². The molecule has 1 aromatic heterocycles. The van der Waals surface area contributed by atoms with E-state index in [4.69, 9.17) is 9.84 Å². The zero-order valence-electron chi connectivity index (χ0n) is 11.5. The van der Waals surface area contributed by atoms with Gasteiger partial charge in [-0.3, -0.25) is 4.79 Å². The fourth-order valence-electron chi connectivity index (χ4n) is 2.01. The molecule has 1 atom stereocenters. The van der Waals surface area contributed by atoms with Crippen LogP contribution in [-0.4, -0.2) is 36.7 Å². The predicted molar refractivity (Wildman–Crippen MR) is 77.3 cm³/mol. The molecule has 0 saturated carbocycles. The number of aryl methyl sites for hydroxylation is 1. The fourth-order valence-corrected chi connectivity index (χ4v) is 3.15. The Kier molecular flexibility index (Phi) is 4.54. The van der Waals surface area contributed by atoms with Gasteiger partial charge in [-0.15, -0.1) is 11.3 Å². The number of rotatable bonds is 5. The summed E-state index contributed by atoms with van der Waals surface area (Å²) in [4.78, 5) is 23.3. The van der Waals surface area contributed by atoms with Crippen LogP contribution in [0.3, 0.4) is 0 Å². The molecule has 0 aliphatic carbocycles. The quantitative estimate of drug-likeness (QED) is 0.887. The minimum atomic E-state index is -1.16. The fraction of sp³-hybridized carbons (Fsp3) is 0.286. The summed E-state index contributed by atoms with van der Waals surface area (Å²) < 4.78 is 19.2. The van der Waals surface area contributed by atoms with Crippen LogP contribution in [0.25, 0.3) is 10.1 Å². The summed E-state index contributed by atoms with van der Waals surface area (Å²) >= 11 is 1.17. The zero-order valence-corrected chi connectivity index (χ0v) is 12.3. The molecule has 0 aliphatic rings. The van der Waals surface area contributed by atoms with Crippen LogP contribution >= 0.6 is 11.3 Å². The molecule has 1 aromatic carbocycles. The molecular weight excluding hydrogens is 297 g/mol. The third-order valence-corrected chi connectivity index (χ3v) is 4.37. The van der Waals surface area contributed by atoms with Gasteiger partial charge < -0.3 is 15.2 Å². The maximum Gasteiger partial charge on any atom is 0.334 e. The average Bonchev–Trinajstić information content (AvgIpc) is 2.77. The second kappa shape index (κ2) is 6.19. The Morgan fingerprint density at radius 3 is 2.76 bits per heavy atom. The first-order valence-electron chi connectivity index (χ1n) is 6.17. The molecule has 0 fully saturated rings. The van der Waals surface area contributed by atoms with Gasteiger partial charge >= 0.3 is 5.97 Å². The lowest BCUT2D eigenvalue weighted by Gasteiger charge is -2.11. The summed E-state index contributed by atoms with van der Waals surface area (Å²) in [6, 6.07) is 4.66. The first kappa shape index (κ1) is 15.4.